The van der Waals surface area contributed by atoms with E-state index in [0.29, 0.717) is 17.1 Å². The Morgan fingerprint density at radius 2 is 1.70 bits per heavy atom. The quantitative estimate of drug-likeness (QED) is 0.274. The second-order valence-corrected chi connectivity index (χ2v) is 6.06. The summed E-state index contributed by atoms with van der Waals surface area (Å²) in [5.74, 6) is -0.192. The fourth-order valence-electron chi connectivity index (χ4n) is 2.23. The molecule has 0 radical (unpaired) electrons. The number of nitro groups is 1. The average molecular weight is 430 g/mol. The molecule has 2 rings (SSSR count). The highest BCUT2D eigenvalue weighted by atomic mass is 32.1. The third-order valence-corrected chi connectivity index (χ3v) is 3.91. The van der Waals surface area contributed by atoms with Crippen LogP contribution in [-0.4, -0.2) is 36.1 Å². The maximum absolute atomic E-state index is 12.2. The van der Waals surface area contributed by atoms with Crippen molar-refractivity contribution in [2.24, 2.45) is 0 Å². The number of non-ortho nitro benzene ring substituents is 1. The van der Waals surface area contributed by atoms with Crippen LogP contribution in [0.25, 0.3) is 6.08 Å². The van der Waals surface area contributed by atoms with E-state index in [9.17, 15) is 19.7 Å². The minimum atomic E-state index is -0.550. The Balaban J connectivity index is 1.85. The van der Waals surface area contributed by atoms with Crippen molar-refractivity contribution in [1.82, 2.24) is 16.2 Å². The van der Waals surface area contributed by atoms with Crippen molar-refractivity contribution in [2.75, 3.05) is 14.2 Å². The molecule has 0 aliphatic heterocycles. The average Bonchev–Trinajstić information content (AvgIpc) is 2.75. The van der Waals surface area contributed by atoms with Crippen molar-refractivity contribution in [3.63, 3.8) is 0 Å². The van der Waals surface area contributed by atoms with E-state index in [-0.39, 0.29) is 16.4 Å². The number of carbonyl (C=O) groups is 2. The third-order valence-electron chi connectivity index (χ3n) is 3.70. The number of nitrogens with one attached hydrogen (secondary N) is 3. The van der Waals surface area contributed by atoms with Crippen LogP contribution in [0.3, 0.4) is 0 Å². The summed E-state index contributed by atoms with van der Waals surface area (Å²) in [6.45, 7) is 0. The summed E-state index contributed by atoms with van der Waals surface area (Å²) in [7, 11) is 2.93. The number of benzene rings is 2. The number of nitrogens with zero attached hydrogens (tertiary/aromatic N) is 1. The number of hydrazine groups is 1. The number of nitro benzene ring substituents is 1. The molecule has 30 heavy (non-hydrogen) atoms. The van der Waals surface area contributed by atoms with Gasteiger partial charge in [0.1, 0.15) is 0 Å². The summed E-state index contributed by atoms with van der Waals surface area (Å²) in [6.07, 6.45) is 2.66. The summed E-state index contributed by atoms with van der Waals surface area (Å²) in [6, 6.07) is 10.3. The molecule has 0 bridgehead atoms. The van der Waals surface area contributed by atoms with Crippen LogP contribution in [0.15, 0.2) is 48.5 Å². The molecule has 0 fully saturated rings. The van der Waals surface area contributed by atoms with Gasteiger partial charge in [-0.15, -0.1) is 0 Å². The van der Waals surface area contributed by atoms with Crippen LogP contribution in [0.2, 0.25) is 0 Å². The van der Waals surface area contributed by atoms with Crippen LogP contribution >= 0.6 is 12.2 Å². The fraction of sp³-hybridized carbons (Fsp3) is 0.105. The lowest BCUT2D eigenvalue weighted by Gasteiger charge is -2.11. The van der Waals surface area contributed by atoms with Gasteiger partial charge in [-0.3, -0.25) is 35.9 Å². The lowest BCUT2D eigenvalue weighted by molar-refractivity contribution is -0.384. The molecule has 0 spiro atoms. The lowest BCUT2D eigenvalue weighted by atomic mass is 10.2. The van der Waals surface area contributed by atoms with Gasteiger partial charge in [0.15, 0.2) is 16.6 Å². The molecular formula is C19H18N4O6S. The van der Waals surface area contributed by atoms with Crippen LogP contribution in [0, 0.1) is 10.1 Å². The maximum Gasteiger partial charge on any atom is 0.269 e. The van der Waals surface area contributed by atoms with E-state index in [1.807, 2.05) is 0 Å². The Hall–Kier alpha value is -3.99. The highest BCUT2D eigenvalue weighted by molar-refractivity contribution is 7.80. The van der Waals surface area contributed by atoms with Crippen LogP contribution in [-0.2, 0) is 4.79 Å². The molecule has 0 unspecified atom stereocenters. The Morgan fingerprint density at radius 3 is 2.30 bits per heavy atom. The van der Waals surface area contributed by atoms with Gasteiger partial charge in [0.05, 0.1) is 19.1 Å². The molecule has 0 heterocycles. The molecule has 2 amide bonds. The Labute approximate surface area is 177 Å². The van der Waals surface area contributed by atoms with Gasteiger partial charge in [-0.1, -0.05) is 0 Å². The summed E-state index contributed by atoms with van der Waals surface area (Å²) < 4.78 is 10.2. The topological polar surface area (TPSA) is 132 Å². The minimum absolute atomic E-state index is 0.0489. The van der Waals surface area contributed by atoms with Gasteiger partial charge in [-0.25, -0.2) is 0 Å². The lowest BCUT2D eigenvalue weighted by Crippen LogP contribution is -2.48. The van der Waals surface area contributed by atoms with Crippen LogP contribution in [0.5, 0.6) is 11.5 Å². The third kappa shape index (κ3) is 6.27. The molecule has 0 saturated heterocycles. The van der Waals surface area contributed by atoms with Crippen LogP contribution in [0.4, 0.5) is 5.69 Å². The number of thiocarbonyl (C=S) groups is 1. The molecule has 0 aromatic heterocycles. The van der Waals surface area contributed by atoms with Crippen molar-refractivity contribution in [3.05, 3.63) is 69.8 Å². The molecule has 2 aromatic rings. The fourth-order valence-corrected chi connectivity index (χ4v) is 2.38. The largest absolute Gasteiger partial charge is 0.493 e. The number of rotatable bonds is 6. The predicted octanol–water partition coefficient (Wildman–Crippen LogP) is 1.96. The van der Waals surface area contributed by atoms with Gasteiger partial charge in [0.25, 0.3) is 11.6 Å². The molecule has 11 heteroatoms. The van der Waals surface area contributed by atoms with Crippen molar-refractivity contribution in [3.8, 4) is 11.5 Å². The number of ether oxygens (including phenoxy) is 2. The SMILES string of the molecule is COc1ccc(C(=O)NNC(=S)NC(=O)/C=C/c2ccc([N+](=O)[O-])cc2)cc1OC. The summed E-state index contributed by atoms with van der Waals surface area (Å²) >= 11 is 4.95. The van der Waals surface area contributed by atoms with Crippen molar-refractivity contribution >= 4 is 40.9 Å². The molecule has 2 aromatic carbocycles. The number of hydrogen-bond acceptors (Lipinski definition) is 7. The number of carbonyl (C=O) groups excluding carboxylic acids is 2. The normalized spacial score (nSPS) is 10.2. The number of hydrogen-bond donors (Lipinski definition) is 3. The van der Waals surface area contributed by atoms with E-state index in [1.165, 1.54) is 62.8 Å². The number of amides is 2. The second-order valence-electron chi connectivity index (χ2n) is 5.65. The first-order valence-corrected chi connectivity index (χ1v) is 8.80. The van der Waals surface area contributed by atoms with Crippen molar-refractivity contribution < 1.29 is 24.0 Å². The Bertz CT molecular complexity index is 991. The summed E-state index contributed by atoms with van der Waals surface area (Å²) in [5, 5.41) is 12.9. The molecule has 3 N–H and O–H groups in total. The van der Waals surface area contributed by atoms with Crippen molar-refractivity contribution in [1.29, 1.82) is 0 Å². The van der Waals surface area contributed by atoms with E-state index >= 15 is 0 Å². The maximum atomic E-state index is 12.2. The Kier molecular flexibility index (Phi) is 7.82. The standard InChI is InChI=1S/C19H18N4O6S/c1-28-15-9-6-13(11-16(15)29-2)18(25)21-22-19(30)20-17(24)10-5-12-3-7-14(8-4-12)23(26)27/h3-11H,1-2H3,(H,21,25)(H2,20,22,24,30)/b10-5+. The number of methoxy groups -OCH3 is 2. The zero-order chi connectivity index (χ0) is 22.1. The summed E-state index contributed by atoms with van der Waals surface area (Å²) in [5.41, 5.74) is 5.60. The minimum Gasteiger partial charge on any atom is -0.493 e. The van der Waals surface area contributed by atoms with E-state index in [1.54, 1.807) is 6.07 Å². The molecule has 156 valence electrons. The second kappa shape index (κ2) is 10.5. The van der Waals surface area contributed by atoms with Gasteiger partial charge < -0.3 is 9.47 Å². The van der Waals surface area contributed by atoms with E-state index in [2.05, 4.69) is 16.2 Å². The van der Waals surface area contributed by atoms with Gasteiger partial charge in [-0.05, 0) is 54.2 Å². The monoisotopic (exact) mass is 430 g/mol. The molecular weight excluding hydrogens is 412 g/mol. The molecule has 0 saturated carbocycles. The zero-order valence-corrected chi connectivity index (χ0v) is 16.8. The van der Waals surface area contributed by atoms with E-state index in [4.69, 9.17) is 21.7 Å². The molecule has 0 aliphatic carbocycles. The summed E-state index contributed by atoms with van der Waals surface area (Å²) in [4.78, 5) is 34.2. The highest BCUT2D eigenvalue weighted by Gasteiger charge is 2.11. The van der Waals surface area contributed by atoms with Crippen LogP contribution in [0.1, 0.15) is 15.9 Å². The zero-order valence-electron chi connectivity index (χ0n) is 16.0. The van der Waals surface area contributed by atoms with Crippen LogP contribution < -0.4 is 25.6 Å². The first-order chi connectivity index (χ1) is 14.3. The first-order valence-electron chi connectivity index (χ1n) is 8.40. The van der Waals surface area contributed by atoms with Gasteiger partial charge in [0, 0.05) is 23.8 Å². The first kappa shape index (κ1) is 22.3. The Morgan fingerprint density at radius 1 is 1.03 bits per heavy atom. The molecule has 10 nitrogen and oxygen atoms in total. The molecule has 0 aliphatic rings. The smallest absolute Gasteiger partial charge is 0.269 e. The van der Waals surface area contributed by atoms with Gasteiger partial charge >= 0.3 is 0 Å². The van der Waals surface area contributed by atoms with E-state index in [0.717, 1.165) is 0 Å². The van der Waals surface area contributed by atoms with Crippen molar-refractivity contribution in [2.45, 2.75) is 0 Å². The van der Waals surface area contributed by atoms with Gasteiger partial charge in [-0.2, -0.15) is 0 Å². The molecule has 0 atom stereocenters. The van der Waals surface area contributed by atoms with E-state index < -0.39 is 16.7 Å². The predicted molar refractivity (Wildman–Crippen MR) is 113 cm³/mol. The van der Waals surface area contributed by atoms with Gasteiger partial charge in [0.2, 0.25) is 5.91 Å². The highest BCUT2D eigenvalue weighted by Crippen LogP contribution is 2.27.